The number of carbonyl (C=O) groups excluding carboxylic acids is 2. The van der Waals surface area contributed by atoms with Gasteiger partial charge in [0.2, 0.25) is 11.8 Å². The van der Waals surface area contributed by atoms with Crippen LogP contribution < -0.4 is 16.0 Å². The molecule has 0 saturated carbocycles. The van der Waals surface area contributed by atoms with Crippen LogP contribution in [0.4, 0.5) is 10.9 Å². The van der Waals surface area contributed by atoms with Gasteiger partial charge in [-0.1, -0.05) is 0 Å². The van der Waals surface area contributed by atoms with Crippen molar-refractivity contribution in [1.29, 1.82) is 0 Å². The number of aromatic nitrogens is 3. The average molecular weight is 360 g/mol. The third-order valence-corrected chi connectivity index (χ3v) is 4.84. The van der Waals surface area contributed by atoms with Gasteiger partial charge >= 0.3 is 0 Å². The maximum absolute atomic E-state index is 12.5. The van der Waals surface area contributed by atoms with Gasteiger partial charge < -0.3 is 16.0 Å². The van der Waals surface area contributed by atoms with Gasteiger partial charge in [0.1, 0.15) is 0 Å². The summed E-state index contributed by atoms with van der Waals surface area (Å²) in [4.78, 5) is 29.8. The summed E-state index contributed by atoms with van der Waals surface area (Å²) in [6.45, 7) is 3.36. The number of thiazole rings is 1. The zero-order valence-electron chi connectivity index (χ0n) is 13.9. The minimum Gasteiger partial charge on any atom is -0.369 e. The lowest BCUT2D eigenvalue weighted by molar-refractivity contribution is -0.120. The van der Waals surface area contributed by atoms with Gasteiger partial charge in [-0.15, -0.1) is 16.4 Å². The largest absolute Gasteiger partial charge is 0.369 e. The van der Waals surface area contributed by atoms with Crippen molar-refractivity contribution in [3.8, 4) is 0 Å². The SMILES string of the molecule is Cc1ccc(N2CCCC(C(=O)Nc3nc(CC(N)=O)cs3)C2)nn1. The fraction of sp³-hybridized carbons (Fsp3) is 0.438. The van der Waals surface area contributed by atoms with Crippen LogP contribution in [0.5, 0.6) is 0 Å². The average Bonchev–Trinajstić information content (AvgIpc) is 3.01. The molecule has 1 atom stereocenters. The highest BCUT2D eigenvalue weighted by Crippen LogP contribution is 2.23. The molecule has 1 unspecified atom stereocenters. The molecule has 0 spiro atoms. The number of amides is 2. The lowest BCUT2D eigenvalue weighted by Gasteiger charge is -2.32. The van der Waals surface area contributed by atoms with E-state index in [-0.39, 0.29) is 18.2 Å². The summed E-state index contributed by atoms with van der Waals surface area (Å²) in [6.07, 6.45) is 1.81. The van der Waals surface area contributed by atoms with Crippen molar-refractivity contribution in [2.24, 2.45) is 11.7 Å². The van der Waals surface area contributed by atoms with Crippen molar-refractivity contribution in [3.63, 3.8) is 0 Å². The van der Waals surface area contributed by atoms with Gasteiger partial charge in [-0.25, -0.2) is 4.98 Å². The van der Waals surface area contributed by atoms with Crippen LogP contribution in [0.3, 0.4) is 0 Å². The Kier molecular flexibility index (Phi) is 5.22. The summed E-state index contributed by atoms with van der Waals surface area (Å²) < 4.78 is 0. The van der Waals surface area contributed by atoms with Crippen LogP contribution in [0.25, 0.3) is 0 Å². The maximum Gasteiger partial charge on any atom is 0.231 e. The number of aryl methyl sites for hydroxylation is 1. The topological polar surface area (TPSA) is 114 Å². The van der Waals surface area contributed by atoms with Crippen molar-refractivity contribution in [2.45, 2.75) is 26.2 Å². The van der Waals surface area contributed by atoms with Crippen LogP contribution in [0, 0.1) is 12.8 Å². The molecule has 2 aromatic heterocycles. The number of piperidine rings is 1. The van der Waals surface area contributed by atoms with Crippen LogP contribution >= 0.6 is 11.3 Å². The summed E-state index contributed by atoms with van der Waals surface area (Å²) in [7, 11) is 0. The minimum atomic E-state index is -0.440. The Hall–Kier alpha value is -2.55. The Morgan fingerprint density at radius 2 is 2.24 bits per heavy atom. The van der Waals surface area contributed by atoms with E-state index in [1.165, 1.54) is 11.3 Å². The first-order valence-electron chi connectivity index (χ1n) is 8.10. The van der Waals surface area contributed by atoms with Crippen molar-refractivity contribution >= 4 is 34.1 Å². The van der Waals surface area contributed by atoms with Gasteiger partial charge in [0.05, 0.1) is 23.7 Å². The van der Waals surface area contributed by atoms with E-state index in [4.69, 9.17) is 5.73 Å². The predicted octanol–water partition coefficient (Wildman–Crippen LogP) is 1.12. The van der Waals surface area contributed by atoms with Gasteiger partial charge in [0, 0.05) is 18.5 Å². The number of nitrogens with one attached hydrogen (secondary N) is 1. The molecule has 0 aromatic carbocycles. The van der Waals surface area contributed by atoms with E-state index < -0.39 is 5.91 Å². The van der Waals surface area contributed by atoms with E-state index in [9.17, 15) is 9.59 Å². The van der Waals surface area contributed by atoms with Gasteiger partial charge in [-0.05, 0) is 31.9 Å². The predicted molar refractivity (Wildman–Crippen MR) is 95.3 cm³/mol. The number of primary amides is 1. The third-order valence-electron chi connectivity index (χ3n) is 4.04. The molecule has 132 valence electrons. The first-order valence-corrected chi connectivity index (χ1v) is 8.98. The molecule has 1 saturated heterocycles. The van der Waals surface area contributed by atoms with E-state index in [0.29, 0.717) is 17.4 Å². The number of carbonyl (C=O) groups is 2. The first-order chi connectivity index (χ1) is 12.0. The van der Waals surface area contributed by atoms with Crippen molar-refractivity contribution in [1.82, 2.24) is 15.2 Å². The second-order valence-electron chi connectivity index (χ2n) is 6.09. The van der Waals surface area contributed by atoms with Crippen molar-refractivity contribution in [3.05, 3.63) is 28.9 Å². The lowest BCUT2D eigenvalue weighted by atomic mass is 9.97. The summed E-state index contributed by atoms with van der Waals surface area (Å²) in [6, 6.07) is 3.85. The fourth-order valence-corrected chi connectivity index (χ4v) is 3.50. The molecule has 2 aromatic rings. The Bertz CT molecular complexity index is 760. The molecule has 0 bridgehead atoms. The Balaban J connectivity index is 1.60. The van der Waals surface area contributed by atoms with E-state index in [0.717, 1.165) is 30.9 Å². The van der Waals surface area contributed by atoms with Gasteiger partial charge in [-0.2, -0.15) is 5.10 Å². The van der Waals surface area contributed by atoms with Crippen LogP contribution in [-0.4, -0.2) is 40.1 Å². The molecule has 1 aliphatic rings. The smallest absolute Gasteiger partial charge is 0.231 e. The zero-order valence-corrected chi connectivity index (χ0v) is 14.8. The molecule has 3 rings (SSSR count). The van der Waals surface area contributed by atoms with Gasteiger partial charge in [-0.3, -0.25) is 9.59 Å². The Morgan fingerprint density at radius 1 is 1.40 bits per heavy atom. The van der Waals surface area contributed by atoms with Crippen LogP contribution in [0.15, 0.2) is 17.5 Å². The monoisotopic (exact) mass is 360 g/mol. The second kappa shape index (κ2) is 7.56. The second-order valence-corrected chi connectivity index (χ2v) is 6.95. The highest BCUT2D eigenvalue weighted by Gasteiger charge is 2.27. The molecular formula is C16H20N6O2S. The molecule has 1 fully saturated rings. The molecular weight excluding hydrogens is 340 g/mol. The standard InChI is InChI=1S/C16H20N6O2S/c1-10-4-5-14(21-20-10)22-6-2-3-11(8-22)15(24)19-16-18-12(9-25-16)7-13(17)23/h4-5,9,11H,2-3,6-8H2,1H3,(H2,17,23)(H,18,19,24). The molecule has 3 N–H and O–H groups in total. The van der Waals surface area contributed by atoms with E-state index in [1.54, 1.807) is 5.38 Å². The maximum atomic E-state index is 12.5. The molecule has 0 aliphatic carbocycles. The van der Waals surface area contributed by atoms with Crippen LogP contribution in [0.2, 0.25) is 0 Å². The van der Waals surface area contributed by atoms with Crippen molar-refractivity contribution in [2.75, 3.05) is 23.3 Å². The van der Waals surface area contributed by atoms with E-state index >= 15 is 0 Å². The Morgan fingerprint density at radius 3 is 2.96 bits per heavy atom. The summed E-state index contributed by atoms with van der Waals surface area (Å²) in [5.41, 5.74) is 6.60. The number of hydrogen-bond donors (Lipinski definition) is 2. The summed E-state index contributed by atoms with van der Waals surface area (Å²) >= 11 is 1.30. The minimum absolute atomic E-state index is 0.0651. The number of nitrogens with zero attached hydrogens (tertiary/aromatic N) is 4. The third kappa shape index (κ3) is 4.50. The highest BCUT2D eigenvalue weighted by molar-refractivity contribution is 7.13. The van der Waals surface area contributed by atoms with Gasteiger partial charge in [0.15, 0.2) is 10.9 Å². The van der Waals surface area contributed by atoms with E-state index in [1.807, 2.05) is 19.1 Å². The number of nitrogens with two attached hydrogens (primary N) is 1. The normalized spacial score (nSPS) is 17.3. The van der Waals surface area contributed by atoms with Gasteiger partial charge in [0.25, 0.3) is 0 Å². The molecule has 2 amide bonds. The van der Waals surface area contributed by atoms with Crippen LogP contribution in [-0.2, 0) is 16.0 Å². The summed E-state index contributed by atoms with van der Waals surface area (Å²) in [5, 5.41) is 13.3. The number of rotatable bonds is 5. The zero-order chi connectivity index (χ0) is 17.8. The quantitative estimate of drug-likeness (QED) is 0.826. The number of hydrogen-bond acceptors (Lipinski definition) is 7. The lowest BCUT2D eigenvalue weighted by Crippen LogP contribution is -2.41. The highest BCUT2D eigenvalue weighted by atomic mass is 32.1. The fourth-order valence-electron chi connectivity index (χ4n) is 2.79. The van der Waals surface area contributed by atoms with E-state index in [2.05, 4.69) is 25.4 Å². The molecule has 9 heteroatoms. The molecule has 8 nitrogen and oxygen atoms in total. The summed E-state index contributed by atoms with van der Waals surface area (Å²) in [5.74, 6) is 0.150. The molecule has 25 heavy (non-hydrogen) atoms. The Labute approximate surface area is 149 Å². The molecule has 3 heterocycles. The first kappa shape index (κ1) is 17.3. The van der Waals surface area contributed by atoms with Crippen molar-refractivity contribution < 1.29 is 9.59 Å². The number of anilines is 2. The van der Waals surface area contributed by atoms with Crippen LogP contribution in [0.1, 0.15) is 24.2 Å². The molecule has 1 aliphatic heterocycles. The molecule has 0 radical (unpaired) electrons.